The number of aryl methyl sites for hydroxylation is 1. The fraction of sp³-hybridized carbons (Fsp3) is 0.286. The predicted molar refractivity (Wildman–Crippen MR) is 66.3 cm³/mol. The van der Waals surface area contributed by atoms with E-state index < -0.39 is 5.67 Å². The van der Waals surface area contributed by atoms with Gasteiger partial charge in [-0.3, -0.25) is 0 Å². The highest BCUT2D eigenvalue weighted by Gasteiger charge is 2.24. The summed E-state index contributed by atoms with van der Waals surface area (Å²) in [6.45, 7) is 4.70. The number of alkyl halides is 1. The van der Waals surface area contributed by atoms with Crippen molar-refractivity contribution in [2.75, 3.05) is 0 Å². The number of rotatable bonds is 2. The molecule has 2 nitrogen and oxygen atoms in total. The second kappa shape index (κ2) is 4.44. The van der Waals surface area contributed by atoms with Crippen LogP contribution < -0.4 is 0 Å². The van der Waals surface area contributed by atoms with Gasteiger partial charge in [0, 0.05) is 11.1 Å². The zero-order chi connectivity index (χ0) is 13.3. The molecule has 1 heterocycles. The molecule has 2 aromatic rings. The molecule has 1 aromatic carbocycles. The molecule has 0 radical (unpaired) electrons. The van der Waals surface area contributed by atoms with Crippen molar-refractivity contribution in [3.05, 3.63) is 47.4 Å². The molecule has 0 aliphatic heterocycles. The molecular weight excluding hydrogens is 234 g/mol. The molecule has 0 amide bonds. The van der Waals surface area contributed by atoms with Crippen LogP contribution in [0.15, 0.2) is 30.3 Å². The Labute approximate surface area is 105 Å². The summed E-state index contributed by atoms with van der Waals surface area (Å²) in [5.74, 6) is -0.333. The maximum absolute atomic E-state index is 14.2. The van der Waals surface area contributed by atoms with E-state index >= 15 is 0 Å². The molecule has 0 fully saturated rings. The van der Waals surface area contributed by atoms with Crippen molar-refractivity contribution in [2.45, 2.75) is 26.4 Å². The molecule has 0 spiro atoms. The van der Waals surface area contributed by atoms with E-state index in [1.54, 1.807) is 25.1 Å². The van der Waals surface area contributed by atoms with Crippen LogP contribution in [0.25, 0.3) is 11.3 Å². The molecule has 4 heteroatoms. The van der Waals surface area contributed by atoms with E-state index in [-0.39, 0.29) is 5.82 Å². The molecule has 18 heavy (non-hydrogen) atoms. The molecule has 0 N–H and O–H groups in total. The standard InChI is InChI=1S/C14H14F2N2/c1-9-8-12(14(2,3)16)13(18-17-9)10-4-6-11(15)7-5-10/h4-8H,1-3H3. The third-order valence-electron chi connectivity index (χ3n) is 2.67. The van der Waals surface area contributed by atoms with Crippen molar-refractivity contribution < 1.29 is 8.78 Å². The minimum atomic E-state index is -1.52. The summed E-state index contributed by atoms with van der Waals surface area (Å²) in [5, 5.41) is 7.97. The van der Waals surface area contributed by atoms with Gasteiger partial charge in [-0.2, -0.15) is 5.10 Å². The molecule has 0 bridgehead atoms. The molecule has 0 aliphatic rings. The zero-order valence-corrected chi connectivity index (χ0v) is 10.5. The summed E-state index contributed by atoms with van der Waals surface area (Å²) in [7, 11) is 0. The first-order valence-corrected chi connectivity index (χ1v) is 5.67. The molecular formula is C14H14F2N2. The van der Waals surface area contributed by atoms with Gasteiger partial charge < -0.3 is 0 Å². The van der Waals surface area contributed by atoms with Crippen LogP contribution in [-0.4, -0.2) is 10.2 Å². The van der Waals surface area contributed by atoms with Crippen LogP contribution in [-0.2, 0) is 5.67 Å². The van der Waals surface area contributed by atoms with Crippen LogP contribution >= 0.6 is 0 Å². The van der Waals surface area contributed by atoms with Crippen LogP contribution in [0.1, 0.15) is 25.1 Å². The van der Waals surface area contributed by atoms with Crippen molar-refractivity contribution in [3.8, 4) is 11.3 Å². The van der Waals surface area contributed by atoms with Gasteiger partial charge in [0.2, 0.25) is 0 Å². The lowest BCUT2D eigenvalue weighted by molar-refractivity contribution is 0.221. The Balaban J connectivity index is 2.60. The minimum Gasteiger partial charge on any atom is -0.239 e. The van der Waals surface area contributed by atoms with E-state index in [0.717, 1.165) is 0 Å². The Bertz CT molecular complexity index is 557. The fourth-order valence-electron chi connectivity index (χ4n) is 1.76. The van der Waals surface area contributed by atoms with Crippen LogP contribution in [0.4, 0.5) is 8.78 Å². The van der Waals surface area contributed by atoms with Gasteiger partial charge in [0.15, 0.2) is 0 Å². The van der Waals surface area contributed by atoms with Gasteiger partial charge in [0.25, 0.3) is 0 Å². The molecule has 1 aromatic heterocycles. The van der Waals surface area contributed by atoms with Gasteiger partial charge >= 0.3 is 0 Å². The van der Waals surface area contributed by atoms with Crippen LogP contribution in [0.5, 0.6) is 0 Å². The number of aromatic nitrogens is 2. The average Bonchev–Trinajstić information content (AvgIpc) is 2.29. The van der Waals surface area contributed by atoms with E-state index in [1.165, 1.54) is 26.0 Å². The van der Waals surface area contributed by atoms with Gasteiger partial charge in [-0.05, 0) is 51.1 Å². The highest BCUT2D eigenvalue weighted by molar-refractivity contribution is 5.63. The van der Waals surface area contributed by atoms with E-state index in [1.807, 2.05) is 0 Å². The summed E-state index contributed by atoms with van der Waals surface area (Å²) in [5.41, 5.74) is 0.700. The van der Waals surface area contributed by atoms with E-state index in [9.17, 15) is 8.78 Å². The van der Waals surface area contributed by atoms with Crippen molar-refractivity contribution >= 4 is 0 Å². The summed E-state index contributed by atoms with van der Waals surface area (Å²) in [6, 6.07) is 7.47. The highest BCUT2D eigenvalue weighted by Crippen LogP contribution is 2.32. The minimum absolute atomic E-state index is 0.333. The van der Waals surface area contributed by atoms with Gasteiger partial charge in [0.1, 0.15) is 11.5 Å². The highest BCUT2D eigenvalue weighted by atomic mass is 19.1. The number of hydrogen-bond acceptors (Lipinski definition) is 2. The molecule has 2 rings (SSSR count). The van der Waals surface area contributed by atoms with Crippen LogP contribution in [0.2, 0.25) is 0 Å². The van der Waals surface area contributed by atoms with Crippen molar-refractivity contribution in [3.63, 3.8) is 0 Å². The second-order valence-electron chi connectivity index (χ2n) is 4.73. The van der Waals surface area contributed by atoms with Crippen molar-refractivity contribution in [2.24, 2.45) is 0 Å². The molecule has 0 atom stereocenters. The second-order valence-corrected chi connectivity index (χ2v) is 4.73. The Hall–Kier alpha value is -1.84. The first-order valence-electron chi connectivity index (χ1n) is 5.67. The van der Waals surface area contributed by atoms with Gasteiger partial charge in [0.05, 0.1) is 11.4 Å². The topological polar surface area (TPSA) is 25.8 Å². The quantitative estimate of drug-likeness (QED) is 0.808. The smallest absolute Gasteiger partial charge is 0.132 e. The third kappa shape index (κ3) is 2.53. The summed E-state index contributed by atoms with van der Waals surface area (Å²) in [4.78, 5) is 0. The maximum atomic E-state index is 14.2. The molecule has 0 unspecified atom stereocenters. The van der Waals surface area contributed by atoms with Gasteiger partial charge in [-0.25, -0.2) is 8.78 Å². The van der Waals surface area contributed by atoms with Crippen molar-refractivity contribution in [1.29, 1.82) is 0 Å². The molecule has 0 saturated heterocycles. The molecule has 0 saturated carbocycles. The van der Waals surface area contributed by atoms with Crippen LogP contribution in [0, 0.1) is 12.7 Å². The lowest BCUT2D eigenvalue weighted by Gasteiger charge is -2.18. The number of halogens is 2. The monoisotopic (exact) mass is 248 g/mol. The van der Waals surface area contributed by atoms with Crippen LogP contribution in [0.3, 0.4) is 0 Å². The largest absolute Gasteiger partial charge is 0.239 e. The van der Waals surface area contributed by atoms with Gasteiger partial charge in [-0.15, -0.1) is 5.10 Å². The average molecular weight is 248 g/mol. The molecule has 94 valence electrons. The summed E-state index contributed by atoms with van der Waals surface area (Å²) >= 11 is 0. The predicted octanol–water partition coefficient (Wildman–Crippen LogP) is 3.80. The normalized spacial score (nSPS) is 11.6. The van der Waals surface area contributed by atoms with E-state index in [2.05, 4.69) is 10.2 Å². The van der Waals surface area contributed by atoms with E-state index in [4.69, 9.17) is 0 Å². The van der Waals surface area contributed by atoms with Crippen molar-refractivity contribution in [1.82, 2.24) is 10.2 Å². The first kappa shape index (κ1) is 12.6. The lowest BCUT2D eigenvalue weighted by Crippen LogP contribution is -2.13. The number of benzene rings is 1. The third-order valence-corrected chi connectivity index (χ3v) is 2.67. The first-order chi connectivity index (χ1) is 8.38. The fourth-order valence-corrected chi connectivity index (χ4v) is 1.76. The Morgan fingerprint density at radius 2 is 1.67 bits per heavy atom. The zero-order valence-electron chi connectivity index (χ0n) is 10.5. The summed E-state index contributed by atoms with van der Waals surface area (Å²) < 4.78 is 27.1. The Morgan fingerprint density at radius 1 is 1.06 bits per heavy atom. The van der Waals surface area contributed by atoms with Gasteiger partial charge in [-0.1, -0.05) is 0 Å². The number of hydrogen-bond donors (Lipinski definition) is 0. The maximum Gasteiger partial charge on any atom is 0.132 e. The Morgan fingerprint density at radius 3 is 2.22 bits per heavy atom. The molecule has 0 aliphatic carbocycles. The number of nitrogens with zero attached hydrogens (tertiary/aromatic N) is 2. The van der Waals surface area contributed by atoms with E-state index in [0.29, 0.717) is 22.5 Å². The Kier molecular flexibility index (Phi) is 3.11. The SMILES string of the molecule is Cc1cc(C(C)(C)F)c(-c2ccc(F)cc2)nn1. The lowest BCUT2D eigenvalue weighted by atomic mass is 9.95. The summed E-state index contributed by atoms with van der Waals surface area (Å²) in [6.07, 6.45) is 0.